The molecule has 0 spiro atoms. The lowest BCUT2D eigenvalue weighted by molar-refractivity contribution is 0.0934. The number of hydrogen-bond donors (Lipinski definition) is 1. The zero-order valence-electron chi connectivity index (χ0n) is 13.7. The Bertz CT molecular complexity index is 962. The van der Waals surface area contributed by atoms with Crippen LogP contribution in [0.5, 0.6) is 0 Å². The lowest BCUT2D eigenvalue weighted by atomic mass is 10.1. The topological polar surface area (TPSA) is 81.8 Å². The highest BCUT2D eigenvalue weighted by molar-refractivity contribution is 6.30. The van der Waals surface area contributed by atoms with Gasteiger partial charge in [-0.2, -0.15) is 5.10 Å². The van der Waals surface area contributed by atoms with E-state index in [9.17, 15) is 9.59 Å². The Labute approximate surface area is 148 Å². The molecule has 7 nitrogen and oxygen atoms in total. The summed E-state index contributed by atoms with van der Waals surface area (Å²) in [6.45, 7) is 0. The molecule has 25 heavy (non-hydrogen) atoms. The number of carbonyl (C=O) groups is 1. The van der Waals surface area contributed by atoms with Crippen LogP contribution in [0, 0.1) is 0 Å². The molecule has 0 saturated heterocycles. The molecule has 0 aliphatic carbocycles. The fraction of sp³-hybridized carbons (Fsp3) is 0.176. The highest BCUT2D eigenvalue weighted by Crippen LogP contribution is 2.22. The van der Waals surface area contributed by atoms with E-state index in [1.807, 2.05) is 23.7 Å². The van der Waals surface area contributed by atoms with Gasteiger partial charge in [0, 0.05) is 37.6 Å². The number of aryl methyl sites for hydroxylation is 2. The van der Waals surface area contributed by atoms with Crippen LogP contribution in [0.4, 0.5) is 0 Å². The van der Waals surface area contributed by atoms with Gasteiger partial charge < -0.3 is 9.88 Å². The van der Waals surface area contributed by atoms with Gasteiger partial charge in [0.15, 0.2) is 0 Å². The number of hydrogen-bond acceptors (Lipinski definition) is 4. The van der Waals surface area contributed by atoms with Crippen molar-refractivity contribution in [2.75, 3.05) is 0 Å². The van der Waals surface area contributed by atoms with Gasteiger partial charge in [-0.05, 0) is 23.8 Å². The summed E-state index contributed by atoms with van der Waals surface area (Å²) in [7, 11) is 3.34. The molecule has 2 aromatic heterocycles. The molecule has 0 bridgehead atoms. The van der Waals surface area contributed by atoms with Gasteiger partial charge in [0.2, 0.25) is 0 Å². The number of rotatable bonds is 4. The average molecular weight is 358 g/mol. The largest absolute Gasteiger partial charge is 0.337 e. The molecule has 2 heterocycles. The molecule has 0 fully saturated rings. The fourth-order valence-corrected chi connectivity index (χ4v) is 2.56. The van der Waals surface area contributed by atoms with E-state index in [2.05, 4.69) is 15.4 Å². The Kier molecular flexibility index (Phi) is 4.67. The minimum absolute atomic E-state index is 0.148. The standard InChI is InChI=1S/C17H16ClN5O2/c1-22-10-9-19-16(22)15(11-3-5-12(18)6-4-11)20-17(25)13-7-8-14(24)23(2)21-13/h3-10,15H,1-2H3,(H,20,25)/t15-/m1/s1. The second-order valence-electron chi connectivity index (χ2n) is 5.53. The van der Waals surface area contributed by atoms with Gasteiger partial charge in [0.05, 0.1) is 0 Å². The van der Waals surface area contributed by atoms with Crippen LogP contribution in [0.15, 0.2) is 53.6 Å². The smallest absolute Gasteiger partial charge is 0.272 e. The third-order valence-electron chi connectivity index (χ3n) is 3.79. The minimum Gasteiger partial charge on any atom is -0.337 e. The Balaban J connectivity index is 1.96. The Morgan fingerprint density at radius 3 is 2.48 bits per heavy atom. The highest BCUT2D eigenvalue weighted by atomic mass is 35.5. The van der Waals surface area contributed by atoms with Gasteiger partial charge in [0.25, 0.3) is 11.5 Å². The third-order valence-corrected chi connectivity index (χ3v) is 4.04. The van der Waals surface area contributed by atoms with Crippen LogP contribution in [0.2, 0.25) is 5.02 Å². The Morgan fingerprint density at radius 1 is 1.16 bits per heavy atom. The average Bonchev–Trinajstić information content (AvgIpc) is 3.01. The van der Waals surface area contributed by atoms with Crippen LogP contribution in [-0.2, 0) is 14.1 Å². The predicted octanol–water partition coefficient (Wildman–Crippen LogP) is 1.69. The monoisotopic (exact) mass is 357 g/mol. The molecule has 128 valence electrons. The lowest BCUT2D eigenvalue weighted by Crippen LogP contribution is -2.33. The Morgan fingerprint density at radius 2 is 1.88 bits per heavy atom. The molecule has 0 radical (unpaired) electrons. The lowest BCUT2D eigenvalue weighted by Gasteiger charge is -2.19. The first-order valence-electron chi connectivity index (χ1n) is 7.53. The van der Waals surface area contributed by atoms with E-state index >= 15 is 0 Å². The molecular formula is C17H16ClN5O2. The van der Waals surface area contributed by atoms with E-state index in [1.54, 1.807) is 24.5 Å². The summed E-state index contributed by atoms with van der Waals surface area (Å²) in [5, 5.41) is 7.50. The first-order valence-corrected chi connectivity index (χ1v) is 7.91. The zero-order valence-corrected chi connectivity index (χ0v) is 14.4. The molecule has 0 unspecified atom stereocenters. The van der Waals surface area contributed by atoms with E-state index in [0.29, 0.717) is 10.8 Å². The van der Waals surface area contributed by atoms with E-state index in [-0.39, 0.29) is 11.3 Å². The van der Waals surface area contributed by atoms with Crippen molar-refractivity contribution in [3.05, 3.63) is 81.3 Å². The van der Waals surface area contributed by atoms with E-state index in [1.165, 1.54) is 19.2 Å². The molecule has 3 rings (SSSR count). The number of aromatic nitrogens is 4. The molecular weight excluding hydrogens is 342 g/mol. The van der Waals surface area contributed by atoms with Crippen molar-refractivity contribution in [2.45, 2.75) is 6.04 Å². The van der Waals surface area contributed by atoms with Crippen LogP contribution in [0.1, 0.15) is 27.9 Å². The number of halogens is 1. The van der Waals surface area contributed by atoms with Crippen molar-refractivity contribution in [3.63, 3.8) is 0 Å². The summed E-state index contributed by atoms with van der Waals surface area (Å²) < 4.78 is 2.95. The van der Waals surface area contributed by atoms with Gasteiger partial charge in [-0.25, -0.2) is 9.67 Å². The van der Waals surface area contributed by atoms with Gasteiger partial charge in [-0.15, -0.1) is 0 Å². The molecule has 1 N–H and O–H groups in total. The van der Waals surface area contributed by atoms with Crippen molar-refractivity contribution in [2.24, 2.45) is 14.1 Å². The van der Waals surface area contributed by atoms with Crippen molar-refractivity contribution in [3.8, 4) is 0 Å². The normalized spacial score (nSPS) is 12.0. The maximum absolute atomic E-state index is 12.6. The number of benzene rings is 1. The van der Waals surface area contributed by atoms with Gasteiger partial charge in [-0.1, -0.05) is 23.7 Å². The van der Waals surface area contributed by atoms with E-state index in [0.717, 1.165) is 10.2 Å². The first kappa shape index (κ1) is 16.9. The first-order chi connectivity index (χ1) is 12.0. The maximum Gasteiger partial charge on any atom is 0.272 e. The SMILES string of the molecule is Cn1ccnc1[C@H](NC(=O)c1ccc(=O)n(C)n1)c1ccc(Cl)cc1. The summed E-state index contributed by atoms with van der Waals surface area (Å²) in [5.41, 5.74) is 0.696. The summed E-state index contributed by atoms with van der Waals surface area (Å²) >= 11 is 5.96. The second kappa shape index (κ2) is 6.90. The van der Waals surface area contributed by atoms with Crippen molar-refractivity contribution >= 4 is 17.5 Å². The second-order valence-corrected chi connectivity index (χ2v) is 5.97. The van der Waals surface area contributed by atoms with E-state index in [4.69, 9.17) is 11.6 Å². The molecule has 8 heteroatoms. The van der Waals surface area contributed by atoms with Crippen molar-refractivity contribution in [1.29, 1.82) is 0 Å². The van der Waals surface area contributed by atoms with E-state index < -0.39 is 11.9 Å². The van der Waals surface area contributed by atoms with Crippen LogP contribution in [0.25, 0.3) is 0 Å². The predicted molar refractivity (Wildman–Crippen MR) is 93.4 cm³/mol. The van der Waals surface area contributed by atoms with Crippen LogP contribution in [-0.4, -0.2) is 25.2 Å². The van der Waals surface area contributed by atoms with Crippen molar-refractivity contribution in [1.82, 2.24) is 24.6 Å². The molecule has 0 saturated carbocycles. The molecule has 1 atom stereocenters. The molecule has 3 aromatic rings. The zero-order chi connectivity index (χ0) is 18.0. The van der Waals surface area contributed by atoms with Crippen molar-refractivity contribution < 1.29 is 4.79 Å². The Hall–Kier alpha value is -2.93. The summed E-state index contributed by atoms with van der Waals surface area (Å²) in [4.78, 5) is 28.4. The number of carbonyl (C=O) groups excluding carboxylic acids is 1. The van der Waals surface area contributed by atoms with Crippen LogP contribution in [0.3, 0.4) is 0 Å². The molecule has 0 aliphatic rings. The summed E-state index contributed by atoms with van der Waals surface area (Å²) in [6.07, 6.45) is 3.46. The van der Waals surface area contributed by atoms with Gasteiger partial charge in [0.1, 0.15) is 17.6 Å². The van der Waals surface area contributed by atoms with Gasteiger partial charge in [-0.3, -0.25) is 9.59 Å². The number of nitrogens with one attached hydrogen (secondary N) is 1. The van der Waals surface area contributed by atoms with Crippen LogP contribution >= 0.6 is 11.6 Å². The quantitative estimate of drug-likeness (QED) is 0.770. The number of imidazole rings is 1. The third kappa shape index (κ3) is 3.61. The van der Waals surface area contributed by atoms with Crippen LogP contribution < -0.4 is 10.9 Å². The number of nitrogens with zero attached hydrogens (tertiary/aromatic N) is 4. The highest BCUT2D eigenvalue weighted by Gasteiger charge is 2.22. The molecule has 1 aromatic carbocycles. The molecule has 0 aliphatic heterocycles. The summed E-state index contributed by atoms with van der Waals surface area (Å²) in [6, 6.07) is 9.39. The molecule has 1 amide bonds. The summed E-state index contributed by atoms with van der Waals surface area (Å²) in [5.74, 6) is 0.263. The number of amides is 1. The maximum atomic E-state index is 12.6. The minimum atomic E-state index is -0.483. The fourth-order valence-electron chi connectivity index (χ4n) is 2.44. The van der Waals surface area contributed by atoms with Gasteiger partial charge >= 0.3 is 0 Å².